The van der Waals surface area contributed by atoms with Gasteiger partial charge in [0, 0.05) is 22.5 Å². The molecule has 1 amide bonds. The van der Waals surface area contributed by atoms with E-state index in [9.17, 15) is 9.59 Å². The fraction of sp³-hybridized carbons (Fsp3) is 0.400. The van der Waals surface area contributed by atoms with Crippen LogP contribution in [-0.4, -0.2) is 17.6 Å². The zero-order valence-electron chi connectivity index (χ0n) is 18.3. The van der Waals surface area contributed by atoms with Crippen molar-refractivity contribution in [3.8, 4) is 0 Å². The third-order valence-electron chi connectivity index (χ3n) is 7.93. The van der Waals surface area contributed by atoms with E-state index in [1.165, 1.54) is 0 Å². The van der Waals surface area contributed by atoms with Crippen LogP contribution in [0.15, 0.2) is 53.7 Å². The number of fused-ring (bicyclic) bond motifs is 2. The number of oxime groups is 1. The van der Waals surface area contributed by atoms with Gasteiger partial charge in [-0.2, -0.15) is 0 Å². The topological polar surface area (TPSA) is 67.8 Å². The maximum atomic E-state index is 13.6. The van der Waals surface area contributed by atoms with Crippen molar-refractivity contribution in [1.29, 1.82) is 0 Å². The lowest BCUT2D eigenvalue weighted by Crippen LogP contribution is -2.43. The van der Waals surface area contributed by atoms with Crippen LogP contribution >= 0.6 is 11.6 Å². The molecule has 2 aliphatic carbocycles. The number of anilines is 1. The second-order valence-corrected chi connectivity index (χ2v) is 9.77. The normalized spacial score (nSPS) is 27.3. The van der Waals surface area contributed by atoms with Gasteiger partial charge in [-0.15, -0.1) is 0 Å². The van der Waals surface area contributed by atoms with Gasteiger partial charge in [0.1, 0.15) is 0 Å². The molecule has 2 aromatic carbocycles. The molecule has 0 heterocycles. The smallest absolute Gasteiger partial charge is 0.325 e. The van der Waals surface area contributed by atoms with Crippen molar-refractivity contribution in [2.45, 2.75) is 47.0 Å². The lowest BCUT2D eigenvalue weighted by Gasteiger charge is -2.39. The van der Waals surface area contributed by atoms with Crippen molar-refractivity contribution >= 4 is 34.9 Å². The summed E-state index contributed by atoms with van der Waals surface area (Å²) in [6.45, 7) is 8.25. The number of carbonyl (C=O) groups is 2. The average molecular weight is 439 g/mol. The predicted molar refractivity (Wildman–Crippen MR) is 122 cm³/mol. The number of hydrogen-bond donors (Lipinski definition) is 1. The van der Waals surface area contributed by atoms with Gasteiger partial charge in [-0.1, -0.05) is 61.8 Å². The summed E-state index contributed by atoms with van der Waals surface area (Å²) in [5.74, 6) is -0.531. The van der Waals surface area contributed by atoms with Crippen LogP contribution in [0.3, 0.4) is 0 Å². The van der Waals surface area contributed by atoms with Crippen molar-refractivity contribution in [3.05, 3.63) is 64.7 Å². The highest BCUT2D eigenvalue weighted by molar-refractivity contribution is 6.31. The van der Waals surface area contributed by atoms with Crippen LogP contribution in [0.4, 0.5) is 5.69 Å². The third-order valence-corrected chi connectivity index (χ3v) is 8.34. The lowest BCUT2D eigenvalue weighted by molar-refractivity contribution is -0.130. The fourth-order valence-corrected chi connectivity index (χ4v) is 5.41. The Morgan fingerprint density at radius 1 is 1.03 bits per heavy atom. The summed E-state index contributed by atoms with van der Waals surface area (Å²) in [4.78, 5) is 31.3. The fourth-order valence-electron chi connectivity index (χ4n) is 5.23. The Hall–Kier alpha value is -2.66. The Kier molecular flexibility index (Phi) is 5.21. The van der Waals surface area contributed by atoms with E-state index in [-0.39, 0.29) is 16.7 Å². The summed E-state index contributed by atoms with van der Waals surface area (Å²) in [5, 5.41) is 8.01. The number of halogens is 1. The van der Waals surface area contributed by atoms with Gasteiger partial charge < -0.3 is 10.2 Å². The first kappa shape index (κ1) is 21.6. The number of carbonyl (C=O) groups excluding carboxylic acids is 2. The number of nitrogens with one attached hydrogen (secondary N) is 1. The minimum Gasteiger partial charge on any atom is -0.325 e. The van der Waals surface area contributed by atoms with Gasteiger partial charge in [0.15, 0.2) is 0 Å². The molecule has 1 N–H and O–H groups in total. The molecule has 2 bridgehead atoms. The molecule has 2 saturated carbocycles. The second-order valence-electron chi connectivity index (χ2n) is 9.37. The van der Waals surface area contributed by atoms with E-state index in [0.717, 1.165) is 29.8 Å². The molecule has 162 valence electrons. The van der Waals surface area contributed by atoms with Gasteiger partial charge in [0.2, 0.25) is 5.91 Å². The second kappa shape index (κ2) is 7.49. The highest BCUT2D eigenvalue weighted by Crippen LogP contribution is 2.71. The van der Waals surface area contributed by atoms with Crippen LogP contribution in [-0.2, 0) is 9.63 Å². The number of nitrogens with zero attached hydrogens (tertiary/aromatic N) is 1. The van der Waals surface area contributed by atoms with E-state index >= 15 is 0 Å². The summed E-state index contributed by atoms with van der Waals surface area (Å²) in [6.07, 6.45) is 2.03. The zero-order valence-corrected chi connectivity index (χ0v) is 19.0. The molecule has 0 spiro atoms. The number of rotatable bonds is 4. The molecule has 4 rings (SSSR count). The summed E-state index contributed by atoms with van der Waals surface area (Å²) in [7, 11) is 0. The SMILES string of the molecule is Cc1c(Cl)cccc1NC(=O)C12CCC(C)(/C(=N\OC(=O)c3ccccc3)C1)C2(C)C. The largest absolute Gasteiger partial charge is 0.365 e. The summed E-state index contributed by atoms with van der Waals surface area (Å²) in [6, 6.07) is 14.3. The van der Waals surface area contributed by atoms with Crippen molar-refractivity contribution < 1.29 is 14.4 Å². The third kappa shape index (κ3) is 3.18. The van der Waals surface area contributed by atoms with Crippen molar-refractivity contribution in [2.24, 2.45) is 21.4 Å². The van der Waals surface area contributed by atoms with E-state index in [4.69, 9.17) is 16.4 Å². The van der Waals surface area contributed by atoms with Crippen LogP contribution in [0, 0.1) is 23.2 Å². The lowest BCUT2D eigenvalue weighted by atomic mass is 9.64. The highest BCUT2D eigenvalue weighted by Gasteiger charge is 2.71. The monoisotopic (exact) mass is 438 g/mol. The number of amides is 1. The molecule has 2 unspecified atom stereocenters. The molecule has 5 nitrogen and oxygen atoms in total. The Bertz CT molecular complexity index is 1080. The van der Waals surface area contributed by atoms with Gasteiger partial charge >= 0.3 is 5.97 Å². The standard InChI is InChI=1S/C25H27ClN2O3/c1-16-18(26)11-8-12-19(16)27-22(30)25-14-13-24(4,23(25,2)3)20(15-25)28-31-21(29)17-9-6-5-7-10-17/h5-12H,13-15H2,1-4H3,(H,27,30)/b28-20-. The van der Waals surface area contributed by atoms with Crippen LogP contribution in [0.1, 0.15) is 56.0 Å². The Labute approximate surface area is 187 Å². The molecular formula is C25H27ClN2O3. The molecule has 2 aromatic rings. The van der Waals surface area contributed by atoms with Gasteiger partial charge in [0.25, 0.3) is 0 Å². The summed E-state index contributed by atoms with van der Waals surface area (Å²) < 4.78 is 0. The van der Waals surface area contributed by atoms with E-state index in [1.54, 1.807) is 24.3 Å². The minimum atomic E-state index is -0.630. The molecule has 2 atom stereocenters. The molecule has 0 aliphatic heterocycles. The first-order chi connectivity index (χ1) is 14.6. The summed E-state index contributed by atoms with van der Waals surface area (Å²) >= 11 is 6.24. The predicted octanol–water partition coefficient (Wildman–Crippen LogP) is 6.02. The van der Waals surface area contributed by atoms with Gasteiger partial charge in [-0.3, -0.25) is 4.79 Å². The first-order valence-corrected chi connectivity index (χ1v) is 10.9. The van der Waals surface area contributed by atoms with Crippen LogP contribution < -0.4 is 5.32 Å². The zero-order chi connectivity index (χ0) is 22.4. The van der Waals surface area contributed by atoms with Gasteiger partial charge in [-0.25, -0.2) is 4.79 Å². The van der Waals surface area contributed by atoms with Gasteiger partial charge in [-0.05, 0) is 55.0 Å². The molecule has 0 aromatic heterocycles. The molecular weight excluding hydrogens is 412 g/mol. The Morgan fingerprint density at radius 3 is 2.45 bits per heavy atom. The van der Waals surface area contributed by atoms with Crippen molar-refractivity contribution in [2.75, 3.05) is 5.32 Å². The quantitative estimate of drug-likeness (QED) is 0.469. The highest BCUT2D eigenvalue weighted by atomic mass is 35.5. The number of hydrogen-bond acceptors (Lipinski definition) is 4. The maximum Gasteiger partial charge on any atom is 0.365 e. The first-order valence-electron chi connectivity index (χ1n) is 10.5. The summed E-state index contributed by atoms with van der Waals surface area (Å²) in [5.41, 5.74) is 1.47. The Balaban J connectivity index is 1.61. The molecule has 0 radical (unpaired) electrons. The minimum absolute atomic E-state index is 0.0359. The van der Waals surface area contributed by atoms with Crippen LogP contribution in [0.25, 0.3) is 0 Å². The van der Waals surface area contributed by atoms with E-state index in [0.29, 0.717) is 17.0 Å². The van der Waals surface area contributed by atoms with E-state index in [2.05, 4.69) is 31.2 Å². The molecule has 0 saturated heterocycles. The molecule has 2 fully saturated rings. The average Bonchev–Trinajstić information content (AvgIpc) is 3.06. The van der Waals surface area contributed by atoms with Crippen LogP contribution in [0.2, 0.25) is 5.02 Å². The number of benzene rings is 2. The van der Waals surface area contributed by atoms with E-state index < -0.39 is 11.4 Å². The maximum absolute atomic E-state index is 13.6. The van der Waals surface area contributed by atoms with E-state index in [1.807, 2.05) is 31.2 Å². The molecule has 2 aliphatic rings. The van der Waals surface area contributed by atoms with Gasteiger partial charge in [0.05, 0.1) is 16.7 Å². The van der Waals surface area contributed by atoms with Crippen molar-refractivity contribution in [1.82, 2.24) is 0 Å². The molecule has 6 heteroatoms. The van der Waals surface area contributed by atoms with Crippen LogP contribution in [0.5, 0.6) is 0 Å². The van der Waals surface area contributed by atoms with Crippen molar-refractivity contribution in [3.63, 3.8) is 0 Å². The molecule has 31 heavy (non-hydrogen) atoms. The Morgan fingerprint density at radius 2 is 1.74 bits per heavy atom.